The molecule has 0 heterocycles. The number of carbonyl (C=O) groups excluding carboxylic acids is 1. The predicted molar refractivity (Wildman–Crippen MR) is 123 cm³/mol. The van der Waals surface area contributed by atoms with Crippen LogP contribution in [0.15, 0.2) is 84.9 Å². The van der Waals surface area contributed by atoms with Gasteiger partial charge in [0.25, 0.3) is 5.91 Å². The zero-order valence-corrected chi connectivity index (χ0v) is 18.6. The highest BCUT2D eigenvalue weighted by Crippen LogP contribution is 2.45. The van der Waals surface area contributed by atoms with Crippen molar-refractivity contribution in [3.8, 4) is 0 Å². The van der Waals surface area contributed by atoms with Crippen molar-refractivity contribution in [3.05, 3.63) is 102 Å². The molecule has 1 unspecified atom stereocenters. The Hall–Kier alpha value is -3.29. The number of phosphoric ester groups is 1. The minimum absolute atomic E-state index is 0.0342. The lowest BCUT2D eigenvalue weighted by Crippen LogP contribution is -2.32. The average Bonchev–Trinajstić information content (AvgIpc) is 2.80. The second-order valence-corrected chi connectivity index (χ2v) is 8.60. The van der Waals surface area contributed by atoms with Crippen LogP contribution in [-0.4, -0.2) is 34.6 Å². The minimum atomic E-state index is -4.54. The number of rotatable bonds is 11. The molecule has 0 radical (unpaired) electrons. The minimum Gasteiger partial charge on any atom is -0.478 e. The van der Waals surface area contributed by atoms with Crippen molar-refractivity contribution in [2.45, 2.75) is 18.9 Å². The SMILES string of the molecule is O=C(O)c1ccc(NC(=O)[C@H](Cc2ccccc2)OP(=O)(O)OCCc2ccccc2)cc1. The van der Waals surface area contributed by atoms with Gasteiger partial charge in [-0.1, -0.05) is 60.7 Å². The smallest absolute Gasteiger partial charge is 0.472 e. The lowest BCUT2D eigenvalue weighted by molar-refractivity contribution is -0.123. The second-order valence-electron chi connectivity index (χ2n) is 7.19. The summed E-state index contributed by atoms with van der Waals surface area (Å²) in [5.41, 5.74) is 2.05. The summed E-state index contributed by atoms with van der Waals surface area (Å²) < 4.78 is 22.9. The molecule has 0 fully saturated rings. The number of hydrogen-bond acceptors (Lipinski definition) is 5. The molecule has 172 valence electrons. The molecule has 0 saturated carbocycles. The molecule has 3 N–H and O–H groups in total. The number of phosphoric acid groups is 1. The quantitative estimate of drug-likeness (QED) is 0.358. The number of carboxylic acid groups (broad SMARTS) is 1. The molecule has 33 heavy (non-hydrogen) atoms. The molecule has 1 amide bonds. The highest BCUT2D eigenvalue weighted by molar-refractivity contribution is 7.47. The van der Waals surface area contributed by atoms with Crippen LogP contribution in [0.3, 0.4) is 0 Å². The van der Waals surface area contributed by atoms with Gasteiger partial charge in [-0.2, -0.15) is 0 Å². The largest absolute Gasteiger partial charge is 0.478 e. The maximum Gasteiger partial charge on any atom is 0.472 e. The van der Waals surface area contributed by atoms with Gasteiger partial charge in [0.15, 0.2) is 6.10 Å². The van der Waals surface area contributed by atoms with Gasteiger partial charge >= 0.3 is 13.8 Å². The lowest BCUT2D eigenvalue weighted by Gasteiger charge is -2.21. The van der Waals surface area contributed by atoms with Crippen molar-refractivity contribution in [1.29, 1.82) is 0 Å². The standard InChI is InChI=1S/C24H24NO7P/c26-23(25-21-13-11-20(12-14-21)24(27)28)22(17-19-9-5-2-6-10-19)32-33(29,30)31-16-15-18-7-3-1-4-8-18/h1-14,22H,15-17H2,(H,25,26)(H,27,28)(H,29,30)/t22-/m0/s1. The van der Waals surface area contributed by atoms with Gasteiger partial charge in [0.05, 0.1) is 12.2 Å². The van der Waals surface area contributed by atoms with Gasteiger partial charge in [0.2, 0.25) is 0 Å². The van der Waals surface area contributed by atoms with Crippen molar-refractivity contribution >= 4 is 25.4 Å². The molecular formula is C24H24NO7P. The van der Waals surface area contributed by atoms with Gasteiger partial charge in [-0.3, -0.25) is 13.8 Å². The van der Waals surface area contributed by atoms with E-state index in [4.69, 9.17) is 14.2 Å². The number of benzene rings is 3. The first-order valence-electron chi connectivity index (χ1n) is 10.2. The average molecular weight is 469 g/mol. The van der Waals surface area contributed by atoms with Crippen LogP contribution in [0.2, 0.25) is 0 Å². The first-order valence-corrected chi connectivity index (χ1v) is 11.7. The molecule has 0 aromatic heterocycles. The fourth-order valence-corrected chi connectivity index (χ4v) is 3.91. The number of amides is 1. The van der Waals surface area contributed by atoms with Crippen molar-refractivity contribution in [2.75, 3.05) is 11.9 Å². The molecular weight excluding hydrogens is 445 g/mol. The lowest BCUT2D eigenvalue weighted by atomic mass is 10.1. The topological polar surface area (TPSA) is 122 Å². The van der Waals surface area contributed by atoms with Crippen LogP contribution in [0.25, 0.3) is 0 Å². The Bertz CT molecular complexity index is 1100. The summed E-state index contributed by atoms with van der Waals surface area (Å²) in [6.07, 6.45) is -0.883. The van der Waals surface area contributed by atoms with Crippen LogP contribution in [0.4, 0.5) is 5.69 Å². The maximum absolute atomic E-state index is 12.9. The van der Waals surface area contributed by atoms with Gasteiger partial charge in [-0.05, 0) is 41.8 Å². The van der Waals surface area contributed by atoms with Gasteiger partial charge in [0, 0.05) is 12.1 Å². The third-order valence-corrected chi connectivity index (χ3v) is 5.73. The molecule has 9 heteroatoms. The van der Waals surface area contributed by atoms with E-state index in [-0.39, 0.29) is 18.6 Å². The predicted octanol–water partition coefficient (Wildman–Crippen LogP) is 4.31. The van der Waals surface area contributed by atoms with Crippen LogP contribution in [0, 0.1) is 0 Å². The number of hydrogen-bond donors (Lipinski definition) is 3. The molecule has 0 saturated heterocycles. The Morgan fingerprint density at radius 1 is 0.879 bits per heavy atom. The summed E-state index contributed by atoms with van der Waals surface area (Å²) >= 11 is 0. The first kappa shape index (κ1) is 24.4. The van der Waals surface area contributed by atoms with E-state index in [1.165, 1.54) is 24.3 Å². The second kappa shape index (κ2) is 11.5. The van der Waals surface area contributed by atoms with E-state index in [1.54, 1.807) is 24.3 Å². The van der Waals surface area contributed by atoms with Gasteiger partial charge in [-0.15, -0.1) is 0 Å². The Balaban J connectivity index is 1.67. The Morgan fingerprint density at radius 2 is 1.45 bits per heavy atom. The Morgan fingerprint density at radius 3 is 2.03 bits per heavy atom. The summed E-state index contributed by atoms with van der Waals surface area (Å²) in [6.45, 7) is -0.0614. The highest BCUT2D eigenvalue weighted by atomic mass is 31.2. The zero-order chi connectivity index (χ0) is 23.7. The van der Waals surface area contributed by atoms with Crippen molar-refractivity contribution in [1.82, 2.24) is 0 Å². The van der Waals surface area contributed by atoms with E-state index in [9.17, 15) is 19.0 Å². The van der Waals surface area contributed by atoms with Crippen LogP contribution in [0.5, 0.6) is 0 Å². The third kappa shape index (κ3) is 7.97. The molecule has 0 spiro atoms. The number of aromatic carboxylic acids is 1. The molecule has 3 rings (SSSR count). The summed E-state index contributed by atoms with van der Waals surface area (Å²) in [5, 5.41) is 11.6. The first-order chi connectivity index (χ1) is 15.8. The van der Waals surface area contributed by atoms with E-state index in [1.807, 2.05) is 36.4 Å². The summed E-state index contributed by atoms with van der Waals surface area (Å²) in [6, 6.07) is 23.8. The van der Waals surface area contributed by atoms with Crippen molar-refractivity contribution in [2.24, 2.45) is 0 Å². The van der Waals surface area contributed by atoms with Gasteiger partial charge in [-0.25, -0.2) is 9.36 Å². The molecule has 3 aromatic carbocycles. The van der Waals surface area contributed by atoms with E-state index in [0.717, 1.165) is 11.1 Å². The van der Waals surface area contributed by atoms with Gasteiger partial charge in [0.1, 0.15) is 0 Å². The highest BCUT2D eigenvalue weighted by Gasteiger charge is 2.31. The van der Waals surface area contributed by atoms with E-state index < -0.39 is 25.8 Å². The third-order valence-electron chi connectivity index (χ3n) is 4.70. The zero-order valence-electron chi connectivity index (χ0n) is 17.7. The fourth-order valence-electron chi connectivity index (χ4n) is 3.04. The number of carbonyl (C=O) groups is 2. The molecule has 0 aliphatic rings. The van der Waals surface area contributed by atoms with Crippen molar-refractivity contribution < 1.29 is 33.2 Å². The Kier molecular flexibility index (Phi) is 8.52. The van der Waals surface area contributed by atoms with E-state index in [2.05, 4.69) is 5.32 Å². The number of nitrogens with one attached hydrogen (secondary N) is 1. The van der Waals surface area contributed by atoms with Crippen LogP contribution >= 0.6 is 7.82 Å². The number of carboxylic acids is 1. The Labute approximate surface area is 191 Å². The summed E-state index contributed by atoms with van der Waals surface area (Å²) in [7, 11) is -4.54. The summed E-state index contributed by atoms with van der Waals surface area (Å²) in [5.74, 6) is -1.75. The molecule has 3 aromatic rings. The normalized spacial score (nSPS) is 13.6. The van der Waals surface area contributed by atoms with Crippen LogP contribution < -0.4 is 5.32 Å². The molecule has 0 aliphatic heterocycles. The molecule has 2 atom stereocenters. The monoisotopic (exact) mass is 469 g/mol. The van der Waals surface area contributed by atoms with E-state index in [0.29, 0.717) is 12.1 Å². The number of anilines is 1. The molecule has 8 nitrogen and oxygen atoms in total. The van der Waals surface area contributed by atoms with Gasteiger partial charge < -0.3 is 15.3 Å². The van der Waals surface area contributed by atoms with Crippen molar-refractivity contribution in [3.63, 3.8) is 0 Å². The summed E-state index contributed by atoms with van der Waals surface area (Å²) in [4.78, 5) is 34.1. The maximum atomic E-state index is 12.9. The van der Waals surface area contributed by atoms with Crippen LogP contribution in [0.1, 0.15) is 21.5 Å². The fraction of sp³-hybridized carbons (Fsp3) is 0.167. The molecule has 0 bridgehead atoms. The van der Waals surface area contributed by atoms with Crippen LogP contribution in [-0.2, 0) is 31.2 Å². The van der Waals surface area contributed by atoms with E-state index >= 15 is 0 Å². The molecule has 0 aliphatic carbocycles.